The summed E-state index contributed by atoms with van der Waals surface area (Å²) >= 11 is 0. The van der Waals surface area contributed by atoms with Crippen LogP contribution in [0.3, 0.4) is 0 Å². The van der Waals surface area contributed by atoms with Crippen molar-refractivity contribution in [1.29, 1.82) is 0 Å². The first-order chi connectivity index (χ1) is 17.2. The van der Waals surface area contributed by atoms with Crippen LogP contribution in [-0.4, -0.2) is 30.0 Å². The summed E-state index contributed by atoms with van der Waals surface area (Å²) in [6.45, 7) is 12.5. The first-order valence-corrected chi connectivity index (χ1v) is 12.0. The number of Topliss-reactive ketones (excluding diaryl/α,β-unsaturated/α-hetero) is 1. The number of anilines is 1. The Bertz CT molecular complexity index is 1410. The van der Waals surface area contributed by atoms with E-state index in [-0.39, 0.29) is 11.4 Å². The number of ether oxygens (including phenoxy) is 2. The van der Waals surface area contributed by atoms with Crippen LogP contribution in [0.15, 0.2) is 65.5 Å². The van der Waals surface area contributed by atoms with Crippen molar-refractivity contribution in [2.24, 2.45) is 0 Å². The van der Waals surface area contributed by atoms with Gasteiger partial charge in [0.05, 0.1) is 19.4 Å². The van der Waals surface area contributed by atoms with Crippen LogP contribution in [0.25, 0.3) is 11.8 Å². The predicted molar refractivity (Wildman–Crippen MR) is 143 cm³/mol. The molecule has 0 amide bonds. The molecule has 6 nitrogen and oxygen atoms in total. The Morgan fingerprint density at radius 1 is 0.917 bits per heavy atom. The Hall–Kier alpha value is -4.06. The molecule has 0 saturated heterocycles. The van der Waals surface area contributed by atoms with Crippen molar-refractivity contribution >= 4 is 23.5 Å². The summed E-state index contributed by atoms with van der Waals surface area (Å²) in [5.41, 5.74) is 8.05. The maximum absolute atomic E-state index is 13.5. The van der Waals surface area contributed by atoms with Gasteiger partial charge in [0, 0.05) is 28.5 Å². The second-order valence-electron chi connectivity index (χ2n) is 9.00. The molecule has 186 valence electrons. The number of carbonyl (C=O) groups is 2. The maximum Gasteiger partial charge on any atom is 0.343 e. The molecule has 1 aliphatic rings. The SMILES string of the molecule is CCOc1ccc(-n2c(C)cc(/C=C3/C(=O)C(C(=O)OC)=C(C)N3c3ccc(C)c(C)c3)c2C)cc1. The maximum atomic E-state index is 13.5. The molecule has 3 aromatic rings. The lowest BCUT2D eigenvalue weighted by molar-refractivity contribution is -0.137. The molecule has 0 radical (unpaired) electrons. The van der Waals surface area contributed by atoms with Gasteiger partial charge in [-0.2, -0.15) is 0 Å². The Kier molecular flexibility index (Phi) is 6.88. The van der Waals surface area contributed by atoms with Crippen molar-refractivity contribution in [3.8, 4) is 11.4 Å². The Balaban J connectivity index is 1.83. The van der Waals surface area contributed by atoms with E-state index in [4.69, 9.17) is 9.47 Å². The molecule has 2 heterocycles. The molecule has 1 aromatic heterocycles. The number of aromatic nitrogens is 1. The first-order valence-electron chi connectivity index (χ1n) is 12.0. The van der Waals surface area contributed by atoms with Gasteiger partial charge in [-0.3, -0.25) is 4.79 Å². The molecular weight excluding hydrogens is 452 g/mol. The van der Waals surface area contributed by atoms with Crippen LogP contribution in [0.1, 0.15) is 41.9 Å². The van der Waals surface area contributed by atoms with E-state index in [1.54, 1.807) is 6.92 Å². The zero-order chi connectivity index (χ0) is 26.1. The summed E-state index contributed by atoms with van der Waals surface area (Å²) < 4.78 is 12.7. The third kappa shape index (κ3) is 4.35. The summed E-state index contributed by atoms with van der Waals surface area (Å²) in [5.74, 6) is -0.151. The summed E-state index contributed by atoms with van der Waals surface area (Å²) in [4.78, 5) is 27.9. The summed E-state index contributed by atoms with van der Waals surface area (Å²) in [6.07, 6.45) is 1.87. The number of rotatable bonds is 6. The van der Waals surface area contributed by atoms with Crippen LogP contribution in [0.2, 0.25) is 0 Å². The van der Waals surface area contributed by atoms with E-state index in [1.807, 2.05) is 88.1 Å². The summed E-state index contributed by atoms with van der Waals surface area (Å²) in [6, 6.07) is 16.0. The molecule has 2 aromatic carbocycles. The third-order valence-corrected chi connectivity index (χ3v) is 6.70. The normalized spacial score (nSPS) is 14.7. The minimum atomic E-state index is -0.630. The minimum Gasteiger partial charge on any atom is -0.494 e. The lowest BCUT2D eigenvalue weighted by atomic mass is 10.1. The van der Waals surface area contributed by atoms with E-state index in [9.17, 15) is 9.59 Å². The fourth-order valence-electron chi connectivity index (χ4n) is 4.69. The van der Waals surface area contributed by atoms with E-state index in [1.165, 1.54) is 7.11 Å². The average molecular weight is 485 g/mol. The van der Waals surface area contributed by atoms with Crippen LogP contribution < -0.4 is 9.64 Å². The largest absolute Gasteiger partial charge is 0.494 e. The molecular formula is C30H32N2O4. The van der Waals surface area contributed by atoms with Gasteiger partial charge in [-0.25, -0.2) is 4.79 Å². The number of hydrogen-bond acceptors (Lipinski definition) is 5. The van der Waals surface area contributed by atoms with Crippen LogP contribution in [0.4, 0.5) is 5.69 Å². The molecule has 0 N–H and O–H groups in total. The second-order valence-corrected chi connectivity index (χ2v) is 9.00. The van der Waals surface area contributed by atoms with Gasteiger partial charge in [-0.15, -0.1) is 0 Å². The molecule has 0 spiro atoms. The lowest BCUT2D eigenvalue weighted by Gasteiger charge is -2.22. The number of carbonyl (C=O) groups excluding carboxylic acids is 2. The van der Waals surface area contributed by atoms with Crippen LogP contribution in [0, 0.1) is 27.7 Å². The van der Waals surface area contributed by atoms with E-state index < -0.39 is 5.97 Å². The number of methoxy groups -OCH3 is 1. The number of hydrogen-bond donors (Lipinski definition) is 0. The van der Waals surface area contributed by atoms with Crippen molar-refractivity contribution in [3.63, 3.8) is 0 Å². The Morgan fingerprint density at radius 3 is 2.19 bits per heavy atom. The van der Waals surface area contributed by atoms with E-state index in [0.717, 1.165) is 45.2 Å². The highest BCUT2D eigenvalue weighted by Gasteiger charge is 2.38. The van der Waals surface area contributed by atoms with Gasteiger partial charge in [0.2, 0.25) is 5.78 Å². The van der Waals surface area contributed by atoms with Gasteiger partial charge in [-0.05, 0) is 107 Å². The molecule has 36 heavy (non-hydrogen) atoms. The van der Waals surface area contributed by atoms with Crippen molar-refractivity contribution < 1.29 is 19.1 Å². The highest BCUT2D eigenvalue weighted by Crippen LogP contribution is 2.37. The van der Waals surface area contributed by atoms with E-state index in [2.05, 4.69) is 10.6 Å². The first kappa shape index (κ1) is 25.0. The lowest BCUT2D eigenvalue weighted by Crippen LogP contribution is -2.18. The van der Waals surface area contributed by atoms with Gasteiger partial charge >= 0.3 is 5.97 Å². The molecule has 0 aliphatic carbocycles. The van der Waals surface area contributed by atoms with E-state index >= 15 is 0 Å². The molecule has 0 unspecified atom stereocenters. The number of ketones is 1. The molecule has 4 rings (SSSR count). The van der Waals surface area contributed by atoms with Crippen LogP contribution >= 0.6 is 0 Å². The number of aryl methyl sites for hydroxylation is 3. The number of benzene rings is 2. The van der Waals surface area contributed by atoms with Crippen molar-refractivity contribution in [1.82, 2.24) is 4.57 Å². The monoisotopic (exact) mass is 484 g/mol. The summed E-state index contributed by atoms with van der Waals surface area (Å²) in [5, 5.41) is 0. The quantitative estimate of drug-likeness (QED) is 0.244. The van der Waals surface area contributed by atoms with Crippen molar-refractivity contribution in [3.05, 3.63) is 93.6 Å². The van der Waals surface area contributed by atoms with Gasteiger partial charge in [0.1, 0.15) is 11.3 Å². The average Bonchev–Trinajstić information content (AvgIpc) is 3.27. The molecule has 0 fully saturated rings. The van der Waals surface area contributed by atoms with Gasteiger partial charge in [-0.1, -0.05) is 6.07 Å². The highest BCUT2D eigenvalue weighted by molar-refractivity contribution is 6.30. The van der Waals surface area contributed by atoms with Gasteiger partial charge in [0.25, 0.3) is 0 Å². The Morgan fingerprint density at radius 2 is 1.58 bits per heavy atom. The molecule has 0 bridgehead atoms. The third-order valence-electron chi connectivity index (χ3n) is 6.70. The smallest absolute Gasteiger partial charge is 0.343 e. The topological polar surface area (TPSA) is 60.8 Å². The Labute approximate surface area is 212 Å². The van der Waals surface area contributed by atoms with Crippen LogP contribution in [0.5, 0.6) is 5.75 Å². The van der Waals surface area contributed by atoms with Crippen LogP contribution in [-0.2, 0) is 14.3 Å². The minimum absolute atomic E-state index is 0.0577. The standard InChI is InChI=1S/C30H32N2O4/c1-8-36-26-13-11-24(12-14-26)31-20(4)16-23(21(31)5)17-27-29(33)28(30(34)35-7)22(6)32(27)25-10-9-18(2)19(3)15-25/h9-17H,8H2,1-7H3/b27-17-. The van der Waals surface area contributed by atoms with E-state index in [0.29, 0.717) is 18.0 Å². The molecule has 0 atom stereocenters. The number of esters is 1. The van der Waals surface area contributed by atoms with Gasteiger partial charge < -0.3 is 18.9 Å². The summed E-state index contributed by atoms with van der Waals surface area (Å²) in [7, 11) is 1.29. The molecule has 6 heteroatoms. The van der Waals surface area contributed by atoms with Gasteiger partial charge in [0.15, 0.2) is 0 Å². The zero-order valence-corrected chi connectivity index (χ0v) is 21.9. The second kappa shape index (κ2) is 9.90. The number of nitrogens with zero attached hydrogens (tertiary/aromatic N) is 2. The zero-order valence-electron chi connectivity index (χ0n) is 21.9. The molecule has 1 aliphatic heterocycles. The van der Waals surface area contributed by atoms with Crippen molar-refractivity contribution in [2.45, 2.75) is 41.5 Å². The fourth-order valence-corrected chi connectivity index (χ4v) is 4.69. The molecule has 0 saturated carbocycles. The fraction of sp³-hybridized carbons (Fsp3) is 0.267. The van der Waals surface area contributed by atoms with Crippen molar-refractivity contribution in [2.75, 3.05) is 18.6 Å². The number of allylic oxidation sites excluding steroid dienone is 2. The predicted octanol–water partition coefficient (Wildman–Crippen LogP) is 5.99. The highest BCUT2D eigenvalue weighted by atomic mass is 16.5.